The van der Waals surface area contributed by atoms with Crippen LogP contribution in [0.25, 0.3) is 0 Å². The standard InChI is InChI=1S/C12H9ClN4O4/c1-21-12(18)8-3-2-7(6-14-8)15-11-9(17(19)20)4-5-10(13)16-11/h2-6H,1H3,(H,15,16). The third kappa shape index (κ3) is 3.42. The highest BCUT2D eigenvalue weighted by atomic mass is 35.5. The van der Waals surface area contributed by atoms with Gasteiger partial charge in [-0.25, -0.2) is 14.8 Å². The molecule has 2 heterocycles. The fourth-order valence-corrected chi connectivity index (χ4v) is 1.64. The van der Waals surface area contributed by atoms with Crippen molar-refractivity contribution >= 4 is 34.8 Å². The third-order valence-corrected chi connectivity index (χ3v) is 2.67. The number of rotatable bonds is 4. The molecule has 0 unspecified atom stereocenters. The molecule has 0 aliphatic rings. The normalized spacial score (nSPS) is 10.0. The zero-order valence-corrected chi connectivity index (χ0v) is 11.5. The number of hydrogen-bond acceptors (Lipinski definition) is 7. The van der Waals surface area contributed by atoms with Crippen LogP contribution in [-0.4, -0.2) is 28.0 Å². The van der Waals surface area contributed by atoms with E-state index in [-0.39, 0.29) is 22.4 Å². The van der Waals surface area contributed by atoms with Gasteiger partial charge in [0.1, 0.15) is 10.8 Å². The van der Waals surface area contributed by atoms with Crippen LogP contribution < -0.4 is 5.32 Å². The summed E-state index contributed by atoms with van der Waals surface area (Å²) >= 11 is 5.72. The predicted molar refractivity (Wildman–Crippen MR) is 74.8 cm³/mol. The van der Waals surface area contributed by atoms with Crippen molar-refractivity contribution in [2.45, 2.75) is 0 Å². The maximum absolute atomic E-state index is 11.2. The van der Waals surface area contributed by atoms with Crippen LogP contribution in [-0.2, 0) is 4.74 Å². The van der Waals surface area contributed by atoms with Crippen molar-refractivity contribution < 1.29 is 14.5 Å². The summed E-state index contributed by atoms with van der Waals surface area (Å²) in [5.41, 5.74) is 0.313. The molecule has 0 aromatic carbocycles. The number of aromatic nitrogens is 2. The molecule has 21 heavy (non-hydrogen) atoms. The minimum Gasteiger partial charge on any atom is -0.464 e. The van der Waals surface area contributed by atoms with Gasteiger partial charge < -0.3 is 10.1 Å². The van der Waals surface area contributed by atoms with Gasteiger partial charge in [-0.3, -0.25) is 10.1 Å². The molecule has 2 aromatic heterocycles. The third-order valence-electron chi connectivity index (χ3n) is 2.46. The number of esters is 1. The Bertz CT molecular complexity index is 690. The van der Waals surface area contributed by atoms with Gasteiger partial charge >= 0.3 is 11.7 Å². The van der Waals surface area contributed by atoms with E-state index in [0.29, 0.717) is 5.69 Å². The monoisotopic (exact) mass is 308 g/mol. The average Bonchev–Trinajstić information content (AvgIpc) is 2.47. The Morgan fingerprint density at radius 3 is 2.71 bits per heavy atom. The predicted octanol–water partition coefficient (Wildman–Crippen LogP) is 2.57. The van der Waals surface area contributed by atoms with Crippen molar-refractivity contribution in [1.82, 2.24) is 9.97 Å². The number of anilines is 2. The highest BCUT2D eigenvalue weighted by Crippen LogP contribution is 2.26. The molecular formula is C12H9ClN4O4. The maximum Gasteiger partial charge on any atom is 0.356 e. The minimum atomic E-state index is -0.581. The average molecular weight is 309 g/mol. The number of nitrogens with one attached hydrogen (secondary N) is 1. The van der Waals surface area contributed by atoms with E-state index in [4.69, 9.17) is 11.6 Å². The molecule has 108 valence electrons. The first-order chi connectivity index (χ1) is 10.0. The number of ether oxygens (including phenoxy) is 1. The molecule has 1 N–H and O–H groups in total. The fraction of sp³-hybridized carbons (Fsp3) is 0.0833. The molecule has 0 fully saturated rings. The summed E-state index contributed by atoms with van der Waals surface area (Å²) in [5, 5.41) is 13.8. The van der Waals surface area contributed by atoms with E-state index < -0.39 is 10.9 Å². The second-order valence-corrected chi connectivity index (χ2v) is 4.19. The van der Waals surface area contributed by atoms with Crippen molar-refractivity contribution in [2.24, 2.45) is 0 Å². The Labute approximate surface area is 123 Å². The summed E-state index contributed by atoms with van der Waals surface area (Å²) in [4.78, 5) is 29.3. The van der Waals surface area contributed by atoms with Gasteiger partial charge in [0.15, 0.2) is 0 Å². The molecule has 0 amide bonds. The number of carbonyl (C=O) groups excluding carboxylic acids is 1. The van der Waals surface area contributed by atoms with Crippen LogP contribution in [0.5, 0.6) is 0 Å². The number of halogens is 1. The molecule has 9 heteroatoms. The summed E-state index contributed by atoms with van der Waals surface area (Å²) in [5.74, 6) is -0.589. The van der Waals surface area contributed by atoms with Gasteiger partial charge in [-0.05, 0) is 18.2 Å². The molecule has 0 spiro atoms. The highest BCUT2D eigenvalue weighted by molar-refractivity contribution is 6.29. The molecule has 2 aromatic rings. The second-order valence-electron chi connectivity index (χ2n) is 3.81. The second kappa shape index (κ2) is 6.14. The minimum absolute atomic E-state index is 0.0138. The molecule has 2 rings (SSSR count). The van der Waals surface area contributed by atoms with E-state index in [1.807, 2.05) is 0 Å². The molecule has 0 saturated heterocycles. The van der Waals surface area contributed by atoms with Crippen molar-refractivity contribution in [2.75, 3.05) is 12.4 Å². The number of nitro groups is 1. The fourth-order valence-electron chi connectivity index (χ4n) is 1.50. The van der Waals surface area contributed by atoms with Gasteiger partial charge in [-0.2, -0.15) is 0 Å². The van der Waals surface area contributed by atoms with E-state index in [9.17, 15) is 14.9 Å². The van der Waals surface area contributed by atoms with Crippen molar-refractivity contribution in [3.8, 4) is 0 Å². The zero-order chi connectivity index (χ0) is 15.4. The first-order valence-electron chi connectivity index (χ1n) is 5.63. The smallest absolute Gasteiger partial charge is 0.356 e. The van der Waals surface area contributed by atoms with Gasteiger partial charge in [-0.1, -0.05) is 11.6 Å². The van der Waals surface area contributed by atoms with Gasteiger partial charge in [0.25, 0.3) is 0 Å². The molecule has 0 atom stereocenters. The number of hydrogen-bond donors (Lipinski definition) is 1. The van der Waals surface area contributed by atoms with E-state index in [0.717, 1.165) is 0 Å². The van der Waals surface area contributed by atoms with Gasteiger partial charge in [0.2, 0.25) is 5.82 Å². The lowest BCUT2D eigenvalue weighted by atomic mass is 10.3. The quantitative estimate of drug-likeness (QED) is 0.400. The summed E-state index contributed by atoms with van der Waals surface area (Å²) in [6, 6.07) is 5.51. The van der Waals surface area contributed by atoms with E-state index in [1.54, 1.807) is 0 Å². The lowest BCUT2D eigenvalue weighted by Gasteiger charge is -2.06. The number of carbonyl (C=O) groups is 1. The summed E-state index contributed by atoms with van der Waals surface area (Å²) in [7, 11) is 1.25. The van der Waals surface area contributed by atoms with Crippen LogP contribution in [0.1, 0.15) is 10.5 Å². The highest BCUT2D eigenvalue weighted by Gasteiger charge is 2.16. The van der Waals surface area contributed by atoms with Crippen molar-refractivity contribution in [3.05, 3.63) is 51.4 Å². The molecule has 0 bridgehead atoms. The van der Waals surface area contributed by atoms with Gasteiger partial charge in [0.05, 0.1) is 23.9 Å². The maximum atomic E-state index is 11.2. The topological polar surface area (TPSA) is 107 Å². The Balaban J connectivity index is 2.28. The summed E-state index contributed by atoms with van der Waals surface area (Å²) in [6.45, 7) is 0. The van der Waals surface area contributed by atoms with Crippen LogP contribution >= 0.6 is 11.6 Å². The molecule has 0 aliphatic carbocycles. The zero-order valence-electron chi connectivity index (χ0n) is 10.7. The van der Waals surface area contributed by atoms with E-state index in [1.165, 1.54) is 37.6 Å². The largest absolute Gasteiger partial charge is 0.464 e. The van der Waals surface area contributed by atoms with Gasteiger partial charge in [0, 0.05) is 6.07 Å². The first kappa shape index (κ1) is 14.7. The Kier molecular flexibility index (Phi) is 4.29. The van der Waals surface area contributed by atoms with Crippen LogP contribution in [0, 0.1) is 10.1 Å². The molecule has 0 aliphatic heterocycles. The Hall–Kier alpha value is -2.74. The van der Waals surface area contributed by atoms with Crippen LogP contribution in [0.4, 0.5) is 17.2 Å². The number of pyridine rings is 2. The molecule has 0 radical (unpaired) electrons. The van der Waals surface area contributed by atoms with Crippen LogP contribution in [0.3, 0.4) is 0 Å². The lowest BCUT2D eigenvalue weighted by Crippen LogP contribution is -2.05. The first-order valence-corrected chi connectivity index (χ1v) is 6.01. The lowest BCUT2D eigenvalue weighted by molar-refractivity contribution is -0.384. The van der Waals surface area contributed by atoms with Crippen LogP contribution in [0.15, 0.2) is 30.5 Å². The van der Waals surface area contributed by atoms with E-state index in [2.05, 4.69) is 20.0 Å². The Morgan fingerprint density at radius 1 is 1.38 bits per heavy atom. The SMILES string of the molecule is COC(=O)c1ccc(Nc2nc(Cl)ccc2[N+](=O)[O-])cn1. The molecule has 0 saturated carbocycles. The summed E-state index contributed by atoms with van der Waals surface area (Å²) in [6.07, 6.45) is 1.33. The molecular weight excluding hydrogens is 300 g/mol. The number of nitrogens with zero attached hydrogens (tertiary/aromatic N) is 3. The van der Waals surface area contributed by atoms with Crippen molar-refractivity contribution in [1.29, 1.82) is 0 Å². The van der Waals surface area contributed by atoms with Gasteiger partial charge in [-0.15, -0.1) is 0 Å². The van der Waals surface area contributed by atoms with Crippen LogP contribution in [0.2, 0.25) is 5.15 Å². The van der Waals surface area contributed by atoms with Crippen molar-refractivity contribution in [3.63, 3.8) is 0 Å². The van der Waals surface area contributed by atoms with E-state index >= 15 is 0 Å². The number of methoxy groups -OCH3 is 1. The Morgan fingerprint density at radius 2 is 2.14 bits per heavy atom. The molecule has 8 nitrogen and oxygen atoms in total. The summed E-state index contributed by atoms with van der Waals surface area (Å²) < 4.78 is 4.52.